The molecule has 2 aromatic carbocycles. The average molecular weight is 283 g/mol. The molecule has 0 saturated heterocycles. The average Bonchev–Trinajstić information content (AvgIpc) is 2.40. The molecule has 0 aliphatic rings. The third-order valence-electron chi connectivity index (χ3n) is 2.51. The number of phenols is 1. The number of hydrogen-bond donors (Lipinski definition) is 1. The molecule has 2 rings (SSSR count). The maximum absolute atomic E-state index is 9.69. The second-order valence-electron chi connectivity index (χ2n) is 3.82. The maximum atomic E-state index is 9.69. The SMILES string of the molecule is Oc1cc(OCc2ccccc2)c(Cl)cc1CCl. The molecule has 0 heterocycles. The number of phenolic OH excluding ortho intramolecular Hbond substituents is 1. The summed E-state index contributed by atoms with van der Waals surface area (Å²) in [5.41, 5.74) is 1.63. The molecule has 0 aliphatic carbocycles. The van der Waals surface area contributed by atoms with Crippen molar-refractivity contribution in [1.29, 1.82) is 0 Å². The van der Waals surface area contributed by atoms with Gasteiger partial charge in [0.05, 0.1) is 10.9 Å². The van der Waals surface area contributed by atoms with E-state index >= 15 is 0 Å². The molecule has 0 fully saturated rings. The van der Waals surface area contributed by atoms with Gasteiger partial charge < -0.3 is 9.84 Å². The van der Waals surface area contributed by atoms with Crippen LogP contribution in [-0.2, 0) is 12.5 Å². The van der Waals surface area contributed by atoms with Crippen LogP contribution in [0.1, 0.15) is 11.1 Å². The largest absolute Gasteiger partial charge is 0.507 e. The van der Waals surface area contributed by atoms with E-state index in [-0.39, 0.29) is 11.6 Å². The van der Waals surface area contributed by atoms with E-state index < -0.39 is 0 Å². The summed E-state index contributed by atoms with van der Waals surface area (Å²) in [6.45, 7) is 0.403. The molecule has 0 atom stereocenters. The smallest absolute Gasteiger partial charge is 0.142 e. The zero-order valence-electron chi connectivity index (χ0n) is 9.57. The molecule has 2 nitrogen and oxygen atoms in total. The summed E-state index contributed by atoms with van der Waals surface area (Å²) < 4.78 is 5.57. The number of rotatable bonds is 4. The number of halogens is 2. The molecule has 0 amide bonds. The highest BCUT2D eigenvalue weighted by molar-refractivity contribution is 6.32. The molecule has 94 valence electrons. The Morgan fingerprint density at radius 1 is 1.11 bits per heavy atom. The van der Waals surface area contributed by atoms with E-state index in [9.17, 15) is 5.11 Å². The molecule has 4 heteroatoms. The minimum absolute atomic E-state index is 0.0949. The van der Waals surface area contributed by atoms with Gasteiger partial charge in [-0.1, -0.05) is 41.9 Å². The summed E-state index contributed by atoms with van der Waals surface area (Å²) in [5, 5.41) is 10.1. The van der Waals surface area contributed by atoms with Crippen LogP contribution >= 0.6 is 23.2 Å². The number of alkyl halides is 1. The van der Waals surface area contributed by atoms with Crippen molar-refractivity contribution in [2.45, 2.75) is 12.5 Å². The molecule has 0 aromatic heterocycles. The predicted molar refractivity (Wildman–Crippen MR) is 73.4 cm³/mol. The Kier molecular flexibility index (Phi) is 4.34. The molecule has 2 aromatic rings. The van der Waals surface area contributed by atoms with Gasteiger partial charge in [-0.05, 0) is 11.6 Å². The summed E-state index contributed by atoms with van der Waals surface area (Å²) in [5.74, 6) is 0.759. The van der Waals surface area contributed by atoms with Gasteiger partial charge >= 0.3 is 0 Å². The highest BCUT2D eigenvalue weighted by Crippen LogP contribution is 2.33. The molecule has 0 unspecified atom stereocenters. The second-order valence-corrected chi connectivity index (χ2v) is 4.49. The summed E-state index contributed by atoms with van der Waals surface area (Å²) in [6, 6.07) is 12.8. The number of aromatic hydroxyl groups is 1. The molecule has 0 bridgehead atoms. The summed E-state index contributed by atoms with van der Waals surface area (Å²) in [7, 11) is 0. The molecule has 0 aliphatic heterocycles. The van der Waals surface area contributed by atoms with Crippen LogP contribution in [0.2, 0.25) is 5.02 Å². The van der Waals surface area contributed by atoms with E-state index in [1.807, 2.05) is 30.3 Å². The first-order valence-corrected chi connectivity index (χ1v) is 6.36. The normalized spacial score (nSPS) is 10.3. The van der Waals surface area contributed by atoms with Gasteiger partial charge in [-0.15, -0.1) is 11.6 Å². The van der Waals surface area contributed by atoms with Crippen LogP contribution < -0.4 is 4.74 Å². The first-order chi connectivity index (χ1) is 8.70. The first-order valence-electron chi connectivity index (χ1n) is 5.45. The Morgan fingerprint density at radius 3 is 2.50 bits per heavy atom. The zero-order valence-corrected chi connectivity index (χ0v) is 11.1. The van der Waals surface area contributed by atoms with Crippen LogP contribution in [0.15, 0.2) is 42.5 Å². The lowest BCUT2D eigenvalue weighted by molar-refractivity contribution is 0.304. The zero-order chi connectivity index (χ0) is 13.0. The maximum Gasteiger partial charge on any atom is 0.142 e. The van der Waals surface area contributed by atoms with E-state index in [2.05, 4.69) is 0 Å². The Hall–Kier alpha value is -1.38. The van der Waals surface area contributed by atoms with E-state index in [0.29, 0.717) is 22.9 Å². The van der Waals surface area contributed by atoms with E-state index in [4.69, 9.17) is 27.9 Å². The summed E-state index contributed by atoms with van der Waals surface area (Å²) in [6.07, 6.45) is 0. The number of benzene rings is 2. The Labute approximate surface area is 116 Å². The van der Waals surface area contributed by atoms with Crippen molar-refractivity contribution in [3.63, 3.8) is 0 Å². The van der Waals surface area contributed by atoms with Crippen molar-refractivity contribution in [1.82, 2.24) is 0 Å². The fraction of sp³-hybridized carbons (Fsp3) is 0.143. The Bertz CT molecular complexity index is 527. The highest BCUT2D eigenvalue weighted by Gasteiger charge is 2.08. The van der Waals surface area contributed by atoms with E-state index in [0.717, 1.165) is 5.56 Å². The predicted octanol–water partition coefficient (Wildman–Crippen LogP) is 4.36. The molecule has 18 heavy (non-hydrogen) atoms. The lowest BCUT2D eigenvalue weighted by atomic mass is 10.2. The third-order valence-corrected chi connectivity index (χ3v) is 3.10. The third kappa shape index (κ3) is 3.09. The van der Waals surface area contributed by atoms with Gasteiger partial charge in [0.25, 0.3) is 0 Å². The molecular weight excluding hydrogens is 271 g/mol. The van der Waals surface area contributed by atoms with Gasteiger partial charge in [-0.2, -0.15) is 0 Å². The molecule has 1 N–H and O–H groups in total. The minimum atomic E-state index is 0.0949. The van der Waals surface area contributed by atoms with Gasteiger partial charge in [-0.3, -0.25) is 0 Å². The van der Waals surface area contributed by atoms with Gasteiger partial charge in [0.15, 0.2) is 0 Å². The van der Waals surface area contributed by atoms with Crippen LogP contribution in [0.4, 0.5) is 0 Å². The molecular formula is C14H12Cl2O2. The molecule has 0 radical (unpaired) electrons. The fourth-order valence-electron chi connectivity index (χ4n) is 1.54. The fourth-order valence-corrected chi connectivity index (χ4v) is 1.99. The van der Waals surface area contributed by atoms with Crippen molar-refractivity contribution >= 4 is 23.2 Å². The number of ether oxygens (including phenoxy) is 1. The van der Waals surface area contributed by atoms with Crippen LogP contribution in [0.3, 0.4) is 0 Å². The van der Waals surface area contributed by atoms with Gasteiger partial charge in [0, 0.05) is 11.6 Å². The highest BCUT2D eigenvalue weighted by atomic mass is 35.5. The van der Waals surface area contributed by atoms with Crippen molar-refractivity contribution in [2.75, 3.05) is 0 Å². The number of hydrogen-bond acceptors (Lipinski definition) is 2. The lowest BCUT2D eigenvalue weighted by Gasteiger charge is -2.10. The first kappa shape index (κ1) is 13.1. The Balaban J connectivity index is 2.13. The molecule has 0 spiro atoms. The summed E-state index contributed by atoms with van der Waals surface area (Å²) in [4.78, 5) is 0. The van der Waals surface area contributed by atoms with E-state index in [1.54, 1.807) is 6.07 Å². The van der Waals surface area contributed by atoms with E-state index in [1.165, 1.54) is 6.07 Å². The van der Waals surface area contributed by atoms with Gasteiger partial charge in [0.1, 0.15) is 18.1 Å². The Morgan fingerprint density at radius 2 is 1.83 bits per heavy atom. The van der Waals surface area contributed by atoms with Crippen LogP contribution in [-0.4, -0.2) is 5.11 Å². The monoisotopic (exact) mass is 282 g/mol. The van der Waals surface area contributed by atoms with Crippen LogP contribution in [0.5, 0.6) is 11.5 Å². The standard InChI is InChI=1S/C14H12Cl2O2/c15-8-11-6-12(16)14(7-13(11)17)18-9-10-4-2-1-3-5-10/h1-7,17H,8-9H2. The van der Waals surface area contributed by atoms with Crippen molar-refractivity contribution < 1.29 is 9.84 Å². The van der Waals surface area contributed by atoms with Crippen molar-refractivity contribution in [3.8, 4) is 11.5 Å². The van der Waals surface area contributed by atoms with Gasteiger partial charge in [0.2, 0.25) is 0 Å². The van der Waals surface area contributed by atoms with Crippen LogP contribution in [0, 0.1) is 0 Å². The topological polar surface area (TPSA) is 29.5 Å². The minimum Gasteiger partial charge on any atom is -0.507 e. The van der Waals surface area contributed by atoms with Crippen LogP contribution in [0.25, 0.3) is 0 Å². The summed E-state index contributed by atoms with van der Waals surface area (Å²) >= 11 is 11.7. The van der Waals surface area contributed by atoms with Crippen molar-refractivity contribution in [2.24, 2.45) is 0 Å². The lowest BCUT2D eigenvalue weighted by Crippen LogP contribution is -1.96. The van der Waals surface area contributed by atoms with Gasteiger partial charge in [-0.25, -0.2) is 0 Å². The second kappa shape index (κ2) is 5.98. The molecule has 0 saturated carbocycles. The quantitative estimate of drug-likeness (QED) is 0.844. The van der Waals surface area contributed by atoms with Crippen molar-refractivity contribution in [3.05, 3.63) is 58.6 Å².